The van der Waals surface area contributed by atoms with Crippen LogP contribution in [0.2, 0.25) is 0 Å². The van der Waals surface area contributed by atoms with E-state index in [9.17, 15) is 0 Å². The van der Waals surface area contributed by atoms with Crippen LogP contribution in [0.5, 0.6) is 0 Å². The number of aryl methyl sites for hydroxylation is 1. The predicted octanol–water partition coefficient (Wildman–Crippen LogP) is 3.79. The molecule has 3 N–H and O–H groups in total. The first-order valence-electron chi connectivity index (χ1n) is 6.32. The van der Waals surface area contributed by atoms with Gasteiger partial charge in [0.2, 0.25) is 0 Å². The maximum atomic E-state index is 5.90. The Bertz CT molecular complexity index is 506. The van der Waals surface area contributed by atoms with Gasteiger partial charge in [0.15, 0.2) is 0 Å². The van der Waals surface area contributed by atoms with Crippen LogP contribution >= 0.6 is 0 Å². The SMILES string of the molecule is Cc1ccc(NCC(C)c2ccccc2)cc1N. The summed E-state index contributed by atoms with van der Waals surface area (Å²) < 4.78 is 0. The van der Waals surface area contributed by atoms with Crippen LogP contribution in [-0.2, 0) is 0 Å². The predicted molar refractivity (Wildman–Crippen MR) is 78.9 cm³/mol. The summed E-state index contributed by atoms with van der Waals surface area (Å²) in [4.78, 5) is 0. The number of nitrogens with two attached hydrogens (primary N) is 1. The molecule has 0 saturated carbocycles. The topological polar surface area (TPSA) is 38.0 Å². The third kappa shape index (κ3) is 3.04. The summed E-state index contributed by atoms with van der Waals surface area (Å²) in [5.74, 6) is 0.480. The van der Waals surface area contributed by atoms with Crippen molar-refractivity contribution >= 4 is 11.4 Å². The van der Waals surface area contributed by atoms with E-state index < -0.39 is 0 Å². The lowest BCUT2D eigenvalue weighted by molar-refractivity contribution is 0.805. The maximum Gasteiger partial charge on any atom is 0.0364 e. The molecule has 0 aliphatic heterocycles. The number of rotatable bonds is 4. The molecule has 0 spiro atoms. The molecule has 1 atom stereocenters. The summed E-state index contributed by atoms with van der Waals surface area (Å²) in [6.45, 7) is 5.15. The van der Waals surface area contributed by atoms with Crippen molar-refractivity contribution in [3.8, 4) is 0 Å². The van der Waals surface area contributed by atoms with Gasteiger partial charge in [0.1, 0.15) is 0 Å². The molecule has 0 amide bonds. The average molecular weight is 240 g/mol. The van der Waals surface area contributed by atoms with E-state index >= 15 is 0 Å². The smallest absolute Gasteiger partial charge is 0.0364 e. The lowest BCUT2D eigenvalue weighted by atomic mass is 10.0. The quantitative estimate of drug-likeness (QED) is 0.798. The number of nitrogens with one attached hydrogen (secondary N) is 1. The van der Waals surface area contributed by atoms with E-state index in [1.807, 2.05) is 25.1 Å². The molecule has 2 nitrogen and oxygen atoms in total. The van der Waals surface area contributed by atoms with E-state index in [2.05, 4.69) is 42.6 Å². The minimum Gasteiger partial charge on any atom is -0.398 e. The molecule has 0 radical (unpaired) electrons. The molecular formula is C16H20N2. The van der Waals surface area contributed by atoms with Crippen molar-refractivity contribution in [2.24, 2.45) is 0 Å². The molecule has 2 aromatic carbocycles. The molecule has 2 heteroatoms. The molecule has 0 saturated heterocycles. The lowest BCUT2D eigenvalue weighted by Crippen LogP contribution is -2.10. The fourth-order valence-electron chi connectivity index (χ4n) is 1.92. The number of benzene rings is 2. The van der Waals surface area contributed by atoms with Crippen LogP contribution in [0.3, 0.4) is 0 Å². The van der Waals surface area contributed by atoms with Crippen LogP contribution in [0, 0.1) is 6.92 Å². The molecular weight excluding hydrogens is 220 g/mol. The maximum absolute atomic E-state index is 5.90. The highest BCUT2D eigenvalue weighted by Gasteiger charge is 2.04. The largest absolute Gasteiger partial charge is 0.398 e. The lowest BCUT2D eigenvalue weighted by Gasteiger charge is -2.14. The molecule has 18 heavy (non-hydrogen) atoms. The molecule has 0 aliphatic rings. The molecule has 0 heterocycles. The Morgan fingerprint density at radius 2 is 1.83 bits per heavy atom. The molecule has 94 valence electrons. The monoisotopic (exact) mass is 240 g/mol. The second-order valence-electron chi connectivity index (χ2n) is 4.76. The van der Waals surface area contributed by atoms with Gasteiger partial charge >= 0.3 is 0 Å². The Labute approximate surface area is 109 Å². The Hall–Kier alpha value is -1.96. The third-order valence-electron chi connectivity index (χ3n) is 3.26. The zero-order chi connectivity index (χ0) is 13.0. The molecule has 2 aromatic rings. The minimum atomic E-state index is 0.480. The standard InChI is InChI=1S/C16H20N2/c1-12-8-9-15(10-16(12)17)18-11-13(2)14-6-4-3-5-7-14/h3-10,13,18H,11,17H2,1-2H3. The first-order valence-corrected chi connectivity index (χ1v) is 6.32. The second-order valence-corrected chi connectivity index (χ2v) is 4.76. The van der Waals surface area contributed by atoms with Gasteiger partial charge in [-0.15, -0.1) is 0 Å². The number of hydrogen-bond donors (Lipinski definition) is 2. The zero-order valence-corrected chi connectivity index (χ0v) is 11.0. The van der Waals surface area contributed by atoms with Crippen molar-refractivity contribution in [1.82, 2.24) is 0 Å². The van der Waals surface area contributed by atoms with Gasteiger partial charge in [-0.1, -0.05) is 43.3 Å². The van der Waals surface area contributed by atoms with Crippen molar-refractivity contribution in [2.45, 2.75) is 19.8 Å². The summed E-state index contributed by atoms with van der Waals surface area (Å²) in [5.41, 5.74) is 10.3. The van der Waals surface area contributed by atoms with E-state index in [1.54, 1.807) is 0 Å². The highest BCUT2D eigenvalue weighted by Crippen LogP contribution is 2.19. The van der Waals surface area contributed by atoms with Crippen molar-refractivity contribution in [1.29, 1.82) is 0 Å². The van der Waals surface area contributed by atoms with Crippen LogP contribution in [0.15, 0.2) is 48.5 Å². The van der Waals surface area contributed by atoms with Gasteiger partial charge in [0.05, 0.1) is 0 Å². The van der Waals surface area contributed by atoms with E-state index in [-0.39, 0.29) is 0 Å². The highest BCUT2D eigenvalue weighted by molar-refractivity contribution is 5.58. The van der Waals surface area contributed by atoms with Crippen LogP contribution < -0.4 is 11.1 Å². The normalized spacial score (nSPS) is 12.1. The molecule has 1 unspecified atom stereocenters. The number of hydrogen-bond acceptors (Lipinski definition) is 2. The Morgan fingerprint density at radius 1 is 1.11 bits per heavy atom. The van der Waals surface area contributed by atoms with E-state index in [4.69, 9.17) is 5.73 Å². The van der Waals surface area contributed by atoms with Crippen LogP contribution in [-0.4, -0.2) is 6.54 Å². The fourth-order valence-corrected chi connectivity index (χ4v) is 1.92. The van der Waals surface area contributed by atoms with Gasteiger partial charge in [-0.25, -0.2) is 0 Å². The van der Waals surface area contributed by atoms with Gasteiger partial charge in [0.25, 0.3) is 0 Å². The molecule has 0 bridgehead atoms. The molecule has 0 fully saturated rings. The number of anilines is 2. The van der Waals surface area contributed by atoms with Crippen molar-refractivity contribution in [3.05, 3.63) is 59.7 Å². The Morgan fingerprint density at radius 3 is 2.50 bits per heavy atom. The van der Waals surface area contributed by atoms with Crippen molar-refractivity contribution < 1.29 is 0 Å². The molecule has 0 aromatic heterocycles. The average Bonchev–Trinajstić information content (AvgIpc) is 2.41. The van der Waals surface area contributed by atoms with E-state index in [1.165, 1.54) is 5.56 Å². The summed E-state index contributed by atoms with van der Waals surface area (Å²) >= 11 is 0. The van der Waals surface area contributed by atoms with Crippen molar-refractivity contribution in [3.63, 3.8) is 0 Å². The first kappa shape index (κ1) is 12.5. The summed E-state index contributed by atoms with van der Waals surface area (Å²) in [6.07, 6.45) is 0. The molecule has 2 rings (SSSR count). The fraction of sp³-hybridized carbons (Fsp3) is 0.250. The van der Waals surface area contributed by atoms with Crippen LogP contribution in [0.25, 0.3) is 0 Å². The van der Waals surface area contributed by atoms with Gasteiger partial charge in [-0.3, -0.25) is 0 Å². The van der Waals surface area contributed by atoms with Crippen LogP contribution in [0.4, 0.5) is 11.4 Å². The van der Waals surface area contributed by atoms with Crippen LogP contribution in [0.1, 0.15) is 24.0 Å². The minimum absolute atomic E-state index is 0.480. The Kier molecular flexibility index (Phi) is 3.88. The molecule has 0 aliphatic carbocycles. The van der Waals surface area contributed by atoms with Crippen molar-refractivity contribution in [2.75, 3.05) is 17.6 Å². The second kappa shape index (κ2) is 5.58. The summed E-state index contributed by atoms with van der Waals surface area (Å²) in [6, 6.07) is 16.6. The van der Waals surface area contributed by atoms with Gasteiger partial charge < -0.3 is 11.1 Å². The Balaban J connectivity index is 1.97. The zero-order valence-electron chi connectivity index (χ0n) is 11.0. The number of nitrogen functional groups attached to an aromatic ring is 1. The van der Waals surface area contributed by atoms with Gasteiger partial charge in [-0.05, 0) is 36.1 Å². The highest BCUT2D eigenvalue weighted by atomic mass is 14.9. The third-order valence-corrected chi connectivity index (χ3v) is 3.26. The summed E-state index contributed by atoms with van der Waals surface area (Å²) in [5, 5.41) is 3.43. The van der Waals surface area contributed by atoms with E-state index in [0.717, 1.165) is 23.5 Å². The summed E-state index contributed by atoms with van der Waals surface area (Å²) in [7, 11) is 0. The van der Waals surface area contributed by atoms with Gasteiger partial charge in [0, 0.05) is 17.9 Å². The first-order chi connectivity index (χ1) is 8.66. The van der Waals surface area contributed by atoms with Gasteiger partial charge in [-0.2, -0.15) is 0 Å². The van der Waals surface area contributed by atoms with E-state index in [0.29, 0.717) is 5.92 Å².